The number of fused-ring (bicyclic) bond motifs is 1. The molecule has 0 fully saturated rings. The summed E-state index contributed by atoms with van der Waals surface area (Å²) < 4.78 is 21.5. The zero-order valence-corrected chi connectivity index (χ0v) is 15.2. The SMILES string of the molecule is Cn1c(CNC(=O)OC(C)(C)C)nc2ccc(F)c(-c3ccccn3)c21. The van der Waals surface area contributed by atoms with Crippen molar-refractivity contribution in [3.63, 3.8) is 0 Å². The number of amides is 1. The van der Waals surface area contributed by atoms with E-state index in [1.54, 1.807) is 56.8 Å². The molecule has 7 heteroatoms. The molecule has 0 saturated heterocycles. The van der Waals surface area contributed by atoms with E-state index in [4.69, 9.17) is 4.74 Å². The number of nitrogens with one attached hydrogen (secondary N) is 1. The number of halogens is 1. The van der Waals surface area contributed by atoms with Crippen molar-refractivity contribution >= 4 is 17.1 Å². The first-order valence-corrected chi connectivity index (χ1v) is 8.28. The van der Waals surface area contributed by atoms with Crippen molar-refractivity contribution in [1.29, 1.82) is 0 Å². The number of hydrogen-bond donors (Lipinski definition) is 1. The lowest BCUT2D eigenvalue weighted by Crippen LogP contribution is -2.32. The maximum Gasteiger partial charge on any atom is 0.408 e. The van der Waals surface area contributed by atoms with Crippen molar-refractivity contribution in [1.82, 2.24) is 19.9 Å². The van der Waals surface area contributed by atoms with Crippen LogP contribution in [-0.4, -0.2) is 26.2 Å². The standard InChI is InChI=1S/C19H21FN4O2/c1-19(2,3)26-18(25)22-11-15-23-14-9-8-12(20)16(17(14)24(15)4)13-7-5-6-10-21-13/h5-10H,11H2,1-4H3,(H,22,25). The minimum Gasteiger partial charge on any atom is -0.444 e. The van der Waals surface area contributed by atoms with Gasteiger partial charge in [-0.05, 0) is 45.0 Å². The molecule has 0 aliphatic carbocycles. The van der Waals surface area contributed by atoms with Gasteiger partial charge in [0.1, 0.15) is 17.2 Å². The van der Waals surface area contributed by atoms with Gasteiger partial charge in [-0.3, -0.25) is 4.98 Å². The minimum atomic E-state index is -0.578. The summed E-state index contributed by atoms with van der Waals surface area (Å²) in [5, 5.41) is 2.68. The Bertz CT molecular complexity index is 946. The summed E-state index contributed by atoms with van der Waals surface area (Å²) in [6, 6.07) is 8.34. The molecule has 0 saturated carbocycles. The number of pyridine rings is 1. The fourth-order valence-corrected chi connectivity index (χ4v) is 2.71. The Morgan fingerprint density at radius 1 is 1.27 bits per heavy atom. The third kappa shape index (κ3) is 3.66. The van der Waals surface area contributed by atoms with Gasteiger partial charge in [0, 0.05) is 13.2 Å². The van der Waals surface area contributed by atoms with Gasteiger partial charge in [-0.25, -0.2) is 14.2 Å². The van der Waals surface area contributed by atoms with Gasteiger partial charge in [0.2, 0.25) is 0 Å². The third-order valence-electron chi connectivity index (χ3n) is 3.79. The largest absolute Gasteiger partial charge is 0.444 e. The zero-order valence-electron chi connectivity index (χ0n) is 15.2. The summed E-state index contributed by atoms with van der Waals surface area (Å²) in [6.45, 7) is 5.56. The molecule has 3 rings (SSSR count). The second-order valence-corrected chi connectivity index (χ2v) is 6.95. The molecular weight excluding hydrogens is 335 g/mol. The van der Waals surface area contributed by atoms with Crippen LogP contribution >= 0.6 is 0 Å². The van der Waals surface area contributed by atoms with Gasteiger partial charge in [0.05, 0.1) is 28.8 Å². The van der Waals surface area contributed by atoms with Crippen LogP contribution in [0.1, 0.15) is 26.6 Å². The van der Waals surface area contributed by atoms with E-state index in [2.05, 4.69) is 15.3 Å². The summed E-state index contributed by atoms with van der Waals surface area (Å²) in [4.78, 5) is 20.6. The Hall–Kier alpha value is -2.96. The summed E-state index contributed by atoms with van der Waals surface area (Å²) >= 11 is 0. The number of hydrogen-bond acceptors (Lipinski definition) is 4. The molecule has 2 heterocycles. The second-order valence-electron chi connectivity index (χ2n) is 6.95. The van der Waals surface area contributed by atoms with Gasteiger partial charge in [0.25, 0.3) is 0 Å². The molecule has 0 aliphatic rings. The van der Waals surface area contributed by atoms with Crippen LogP contribution in [0, 0.1) is 5.82 Å². The topological polar surface area (TPSA) is 69.0 Å². The maximum absolute atomic E-state index is 14.5. The minimum absolute atomic E-state index is 0.170. The number of ether oxygens (including phenoxy) is 1. The number of imidazole rings is 1. The Labute approximate surface area is 151 Å². The first kappa shape index (κ1) is 17.8. The normalized spacial score (nSPS) is 11.6. The lowest BCUT2D eigenvalue weighted by molar-refractivity contribution is 0.0522. The molecule has 1 aromatic carbocycles. The van der Waals surface area contributed by atoms with Crippen molar-refractivity contribution in [3.8, 4) is 11.3 Å². The van der Waals surface area contributed by atoms with Crippen molar-refractivity contribution in [2.45, 2.75) is 32.9 Å². The first-order chi connectivity index (χ1) is 12.3. The van der Waals surface area contributed by atoms with Crippen LogP contribution in [0.25, 0.3) is 22.3 Å². The number of carbonyl (C=O) groups is 1. The van der Waals surface area contributed by atoms with E-state index in [0.717, 1.165) is 0 Å². The lowest BCUT2D eigenvalue weighted by atomic mass is 10.1. The number of nitrogens with zero attached hydrogens (tertiary/aromatic N) is 3. The Balaban J connectivity index is 1.95. The van der Waals surface area contributed by atoms with Gasteiger partial charge >= 0.3 is 6.09 Å². The Morgan fingerprint density at radius 2 is 2.04 bits per heavy atom. The van der Waals surface area contributed by atoms with Crippen molar-refractivity contribution in [2.24, 2.45) is 7.05 Å². The summed E-state index contributed by atoms with van der Waals surface area (Å²) in [5.74, 6) is 0.222. The Morgan fingerprint density at radius 3 is 2.69 bits per heavy atom. The molecule has 26 heavy (non-hydrogen) atoms. The van der Waals surface area contributed by atoms with Crippen LogP contribution < -0.4 is 5.32 Å². The number of benzene rings is 1. The lowest BCUT2D eigenvalue weighted by Gasteiger charge is -2.19. The second kappa shape index (κ2) is 6.74. The molecule has 0 atom stereocenters. The molecule has 1 N–H and O–H groups in total. The van der Waals surface area contributed by atoms with E-state index in [1.165, 1.54) is 6.07 Å². The van der Waals surface area contributed by atoms with Crippen LogP contribution in [0.4, 0.5) is 9.18 Å². The van der Waals surface area contributed by atoms with Crippen molar-refractivity contribution < 1.29 is 13.9 Å². The van der Waals surface area contributed by atoms with Gasteiger partial charge in [-0.1, -0.05) is 6.07 Å². The smallest absolute Gasteiger partial charge is 0.408 e. The summed E-state index contributed by atoms with van der Waals surface area (Å²) in [6.07, 6.45) is 1.09. The fourth-order valence-electron chi connectivity index (χ4n) is 2.71. The number of carbonyl (C=O) groups excluding carboxylic acids is 1. The van der Waals surface area contributed by atoms with E-state index >= 15 is 0 Å². The molecular formula is C19H21FN4O2. The predicted octanol–water partition coefficient (Wildman–Crippen LogP) is 3.80. The molecule has 2 aromatic heterocycles. The maximum atomic E-state index is 14.5. The van der Waals surface area contributed by atoms with Crippen molar-refractivity contribution in [2.75, 3.05) is 0 Å². The van der Waals surface area contributed by atoms with Crippen LogP contribution in [0.5, 0.6) is 0 Å². The highest BCUT2D eigenvalue weighted by Crippen LogP contribution is 2.30. The molecule has 0 bridgehead atoms. The summed E-state index contributed by atoms with van der Waals surface area (Å²) in [7, 11) is 1.79. The molecule has 3 aromatic rings. The molecule has 0 aliphatic heterocycles. The van der Waals surface area contributed by atoms with Gasteiger partial charge < -0.3 is 14.6 Å². The number of aromatic nitrogens is 3. The molecule has 0 unspecified atom stereocenters. The van der Waals surface area contributed by atoms with Crippen LogP contribution in [0.15, 0.2) is 36.5 Å². The average Bonchev–Trinajstić information content (AvgIpc) is 2.89. The Kier molecular flexibility index (Phi) is 4.63. The average molecular weight is 356 g/mol. The quantitative estimate of drug-likeness (QED) is 0.775. The van der Waals surface area contributed by atoms with E-state index in [-0.39, 0.29) is 12.4 Å². The molecule has 1 amide bonds. The monoisotopic (exact) mass is 356 g/mol. The van der Waals surface area contributed by atoms with Crippen LogP contribution in [0.3, 0.4) is 0 Å². The van der Waals surface area contributed by atoms with Gasteiger partial charge in [0.15, 0.2) is 0 Å². The van der Waals surface area contributed by atoms with E-state index in [1.807, 2.05) is 6.07 Å². The molecule has 0 radical (unpaired) electrons. The van der Waals surface area contributed by atoms with E-state index in [9.17, 15) is 9.18 Å². The highest BCUT2D eigenvalue weighted by atomic mass is 19.1. The molecule has 0 spiro atoms. The highest BCUT2D eigenvalue weighted by molar-refractivity contribution is 5.92. The van der Waals surface area contributed by atoms with Gasteiger partial charge in [-0.2, -0.15) is 0 Å². The number of alkyl carbamates (subject to hydrolysis) is 1. The summed E-state index contributed by atoms with van der Waals surface area (Å²) in [5.41, 5.74) is 1.61. The third-order valence-corrected chi connectivity index (χ3v) is 3.79. The van der Waals surface area contributed by atoms with Gasteiger partial charge in [-0.15, -0.1) is 0 Å². The van der Waals surface area contributed by atoms with Crippen LogP contribution in [0.2, 0.25) is 0 Å². The van der Waals surface area contributed by atoms with E-state index < -0.39 is 11.7 Å². The highest BCUT2D eigenvalue weighted by Gasteiger charge is 2.19. The predicted molar refractivity (Wildman–Crippen MR) is 97.0 cm³/mol. The fraction of sp³-hybridized carbons (Fsp3) is 0.316. The zero-order chi connectivity index (χ0) is 18.9. The molecule has 136 valence electrons. The number of rotatable bonds is 3. The first-order valence-electron chi connectivity index (χ1n) is 8.28. The van der Waals surface area contributed by atoms with E-state index in [0.29, 0.717) is 28.1 Å². The molecule has 6 nitrogen and oxygen atoms in total. The number of aryl methyl sites for hydroxylation is 1. The van der Waals surface area contributed by atoms with Crippen molar-refractivity contribution in [3.05, 3.63) is 48.2 Å². The van der Waals surface area contributed by atoms with Crippen LogP contribution in [-0.2, 0) is 18.3 Å².